The van der Waals surface area contributed by atoms with E-state index in [0.717, 1.165) is 23.3 Å². The van der Waals surface area contributed by atoms with Gasteiger partial charge >= 0.3 is 0 Å². The number of para-hydroxylation sites is 2. The third kappa shape index (κ3) is 3.56. The van der Waals surface area contributed by atoms with Crippen LogP contribution in [0.15, 0.2) is 53.6 Å². The van der Waals surface area contributed by atoms with E-state index in [0.29, 0.717) is 24.1 Å². The van der Waals surface area contributed by atoms with Crippen molar-refractivity contribution in [3.8, 4) is 5.75 Å². The summed E-state index contributed by atoms with van der Waals surface area (Å²) in [7, 11) is 0. The van der Waals surface area contributed by atoms with Crippen molar-refractivity contribution < 1.29 is 9.53 Å². The summed E-state index contributed by atoms with van der Waals surface area (Å²) in [4.78, 5) is 29.3. The maximum absolute atomic E-state index is 12.6. The molecular weight excluding hydrogens is 342 g/mol. The van der Waals surface area contributed by atoms with E-state index < -0.39 is 0 Å². The molecule has 1 aliphatic rings. The van der Waals surface area contributed by atoms with Crippen LogP contribution in [-0.2, 0) is 17.8 Å². The van der Waals surface area contributed by atoms with Crippen molar-refractivity contribution in [2.24, 2.45) is 0 Å². The van der Waals surface area contributed by atoms with Gasteiger partial charge in [-0.05, 0) is 36.6 Å². The molecule has 0 saturated heterocycles. The zero-order valence-corrected chi connectivity index (χ0v) is 15.1. The summed E-state index contributed by atoms with van der Waals surface area (Å²) in [6.45, 7) is 2.68. The number of fused-ring (bicyclic) bond motifs is 2. The maximum atomic E-state index is 12.6. The molecule has 1 aromatic heterocycles. The molecule has 6 nitrogen and oxygen atoms in total. The summed E-state index contributed by atoms with van der Waals surface area (Å²) in [5, 5.41) is 3.57. The molecule has 0 fully saturated rings. The number of nitrogens with zero attached hydrogens (tertiary/aromatic N) is 2. The summed E-state index contributed by atoms with van der Waals surface area (Å²) in [5.74, 6) is 0.784. The highest BCUT2D eigenvalue weighted by Gasteiger charge is 2.21. The van der Waals surface area contributed by atoms with Crippen molar-refractivity contribution in [2.45, 2.75) is 32.4 Å². The monoisotopic (exact) mass is 363 g/mol. The quantitative estimate of drug-likeness (QED) is 0.771. The number of hydrogen-bond acceptors (Lipinski definition) is 4. The fraction of sp³-hybridized carbons (Fsp3) is 0.286. The SMILES string of the molecule is Cc1cccc2c(=O)n(CCC(=O)NC3COc4ccccc4C3)cnc12. The highest BCUT2D eigenvalue weighted by Crippen LogP contribution is 2.23. The van der Waals surface area contributed by atoms with E-state index in [1.165, 1.54) is 10.9 Å². The minimum atomic E-state index is -0.119. The summed E-state index contributed by atoms with van der Waals surface area (Å²) in [6.07, 6.45) is 2.49. The Morgan fingerprint density at radius 1 is 1.26 bits per heavy atom. The molecule has 1 unspecified atom stereocenters. The van der Waals surface area contributed by atoms with E-state index in [2.05, 4.69) is 10.3 Å². The van der Waals surface area contributed by atoms with Gasteiger partial charge in [0, 0.05) is 13.0 Å². The van der Waals surface area contributed by atoms with Crippen LogP contribution in [0.5, 0.6) is 5.75 Å². The fourth-order valence-electron chi connectivity index (χ4n) is 3.44. The van der Waals surface area contributed by atoms with E-state index >= 15 is 0 Å². The largest absolute Gasteiger partial charge is 0.491 e. The van der Waals surface area contributed by atoms with Crippen LogP contribution in [0.1, 0.15) is 17.5 Å². The highest BCUT2D eigenvalue weighted by molar-refractivity contribution is 5.80. The smallest absolute Gasteiger partial charge is 0.261 e. The zero-order valence-electron chi connectivity index (χ0n) is 15.1. The van der Waals surface area contributed by atoms with Gasteiger partial charge in [0.1, 0.15) is 12.4 Å². The number of carbonyl (C=O) groups excluding carboxylic acids is 1. The van der Waals surface area contributed by atoms with Crippen LogP contribution in [-0.4, -0.2) is 28.1 Å². The molecule has 1 amide bonds. The fourth-order valence-corrected chi connectivity index (χ4v) is 3.44. The number of carbonyl (C=O) groups is 1. The van der Waals surface area contributed by atoms with Crippen molar-refractivity contribution in [1.29, 1.82) is 0 Å². The number of ether oxygens (including phenoxy) is 1. The van der Waals surface area contributed by atoms with Crippen molar-refractivity contribution >= 4 is 16.8 Å². The molecule has 0 saturated carbocycles. The molecule has 0 bridgehead atoms. The standard InChI is InChI=1S/C21H21N3O3/c1-14-5-4-7-17-20(14)22-13-24(21(17)26)10-9-19(25)23-16-11-15-6-2-3-8-18(15)27-12-16/h2-8,13,16H,9-12H2,1H3,(H,23,25). The van der Waals surface area contributed by atoms with Gasteiger partial charge in [-0.3, -0.25) is 14.2 Å². The molecule has 1 aliphatic heterocycles. The first kappa shape index (κ1) is 17.3. The molecule has 138 valence electrons. The number of nitrogens with one attached hydrogen (secondary N) is 1. The molecule has 2 aromatic carbocycles. The van der Waals surface area contributed by atoms with E-state index in [1.54, 1.807) is 6.07 Å². The second-order valence-electron chi connectivity index (χ2n) is 6.85. The van der Waals surface area contributed by atoms with E-state index in [4.69, 9.17) is 4.74 Å². The first-order chi connectivity index (χ1) is 13.1. The Hall–Kier alpha value is -3.15. The number of amides is 1. The van der Waals surface area contributed by atoms with Gasteiger partial charge in [0.2, 0.25) is 5.91 Å². The lowest BCUT2D eigenvalue weighted by molar-refractivity contribution is -0.122. The Labute approximate surface area is 156 Å². The van der Waals surface area contributed by atoms with Crippen LogP contribution >= 0.6 is 0 Å². The zero-order chi connectivity index (χ0) is 18.8. The molecule has 6 heteroatoms. The molecule has 27 heavy (non-hydrogen) atoms. The van der Waals surface area contributed by atoms with Crippen LogP contribution in [0.4, 0.5) is 0 Å². The van der Waals surface area contributed by atoms with Crippen LogP contribution in [0.25, 0.3) is 10.9 Å². The minimum absolute atomic E-state index is 0.0542. The van der Waals surface area contributed by atoms with Crippen LogP contribution in [0.3, 0.4) is 0 Å². The maximum Gasteiger partial charge on any atom is 0.261 e. The van der Waals surface area contributed by atoms with Crippen molar-refractivity contribution in [3.63, 3.8) is 0 Å². The molecule has 3 aromatic rings. The number of aryl methyl sites for hydroxylation is 2. The van der Waals surface area contributed by atoms with Gasteiger partial charge in [0.05, 0.1) is 23.3 Å². The minimum Gasteiger partial charge on any atom is -0.491 e. The summed E-state index contributed by atoms with van der Waals surface area (Å²) >= 11 is 0. The molecular formula is C21H21N3O3. The van der Waals surface area contributed by atoms with Gasteiger partial charge < -0.3 is 10.1 Å². The second-order valence-corrected chi connectivity index (χ2v) is 6.85. The van der Waals surface area contributed by atoms with E-state index in [1.807, 2.05) is 43.3 Å². The van der Waals surface area contributed by atoms with Gasteiger partial charge in [-0.2, -0.15) is 0 Å². The molecule has 1 N–H and O–H groups in total. The summed E-state index contributed by atoms with van der Waals surface area (Å²) in [5.41, 5.74) is 2.65. The Kier molecular flexibility index (Phi) is 4.62. The third-order valence-corrected chi connectivity index (χ3v) is 4.88. The van der Waals surface area contributed by atoms with Crippen molar-refractivity contribution in [3.05, 3.63) is 70.3 Å². The van der Waals surface area contributed by atoms with Gasteiger partial charge in [0.25, 0.3) is 5.56 Å². The lowest BCUT2D eigenvalue weighted by atomic mass is 10.0. The normalized spacial score (nSPS) is 15.8. The Bertz CT molecular complexity index is 1060. The molecule has 4 rings (SSSR count). The molecule has 0 aliphatic carbocycles. The Balaban J connectivity index is 1.39. The summed E-state index contributed by atoms with van der Waals surface area (Å²) in [6, 6.07) is 13.3. The highest BCUT2D eigenvalue weighted by atomic mass is 16.5. The Morgan fingerprint density at radius 3 is 3.00 bits per heavy atom. The predicted molar refractivity (Wildman–Crippen MR) is 103 cm³/mol. The van der Waals surface area contributed by atoms with Gasteiger partial charge in [-0.25, -0.2) is 4.98 Å². The van der Waals surface area contributed by atoms with Crippen molar-refractivity contribution in [1.82, 2.24) is 14.9 Å². The lowest BCUT2D eigenvalue weighted by Crippen LogP contribution is -2.43. The first-order valence-corrected chi connectivity index (χ1v) is 9.06. The van der Waals surface area contributed by atoms with E-state index in [-0.39, 0.29) is 23.9 Å². The summed E-state index contributed by atoms with van der Waals surface area (Å²) < 4.78 is 7.19. The van der Waals surface area contributed by atoms with Crippen LogP contribution in [0, 0.1) is 6.92 Å². The topological polar surface area (TPSA) is 73.2 Å². The average Bonchev–Trinajstić information content (AvgIpc) is 2.68. The van der Waals surface area contributed by atoms with Gasteiger partial charge in [0.15, 0.2) is 0 Å². The van der Waals surface area contributed by atoms with Gasteiger partial charge in [-0.15, -0.1) is 0 Å². The number of benzene rings is 2. The van der Waals surface area contributed by atoms with Crippen molar-refractivity contribution in [2.75, 3.05) is 6.61 Å². The average molecular weight is 363 g/mol. The van der Waals surface area contributed by atoms with Crippen LogP contribution < -0.4 is 15.6 Å². The molecule has 0 spiro atoms. The number of aromatic nitrogens is 2. The van der Waals surface area contributed by atoms with Gasteiger partial charge in [-0.1, -0.05) is 30.3 Å². The number of rotatable bonds is 4. The number of hydrogen-bond donors (Lipinski definition) is 1. The molecule has 1 atom stereocenters. The van der Waals surface area contributed by atoms with E-state index in [9.17, 15) is 9.59 Å². The second kappa shape index (κ2) is 7.23. The predicted octanol–water partition coefficient (Wildman–Crippen LogP) is 2.21. The molecule has 0 radical (unpaired) electrons. The van der Waals surface area contributed by atoms with Crippen LogP contribution in [0.2, 0.25) is 0 Å². The lowest BCUT2D eigenvalue weighted by Gasteiger charge is -2.26. The Morgan fingerprint density at radius 2 is 2.11 bits per heavy atom. The third-order valence-electron chi connectivity index (χ3n) is 4.88. The molecule has 2 heterocycles. The first-order valence-electron chi connectivity index (χ1n) is 9.06.